The molecule has 1 aromatic carbocycles. The molecular weight excluding hydrogens is 416 g/mol. The van der Waals surface area contributed by atoms with Gasteiger partial charge in [0.15, 0.2) is 5.78 Å². The number of alkyl halides is 2. The molecule has 7 nitrogen and oxygen atoms in total. The molecule has 2 fully saturated rings. The van der Waals surface area contributed by atoms with E-state index < -0.39 is 30.8 Å². The summed E-state index contributed by atoms with van der Waals surface area (Å²) in [6.07, 6.45) is 0.568. The average Bonchev–Trinajstić information content (AvgIpc) is 3.11. The van der Waals surface area contributed by atoms with Gasteiger partial charge < -0.3 is 14.7 Å². The van der Waals surface area contributed by atoms with Gasteiger partial charge >= 0.3 is 0 Å². The Bertz CT molecular complexity index is 1080. The van der Waals surface area contributed by atoms with Gasteiger partial charge in [0.2, 0.25) is 5.91 Å². The molecule has 1 amide bonds. The summed E-state index contributed by atoms with van der Waals surface area (Å²) in [5, 5.41) is 9.79. The maximum Gasteiger partial charge on any atom is 0.268 e. The molecule has 0 N–H and O–H groups in total. The van der Waals surface area contributed by atoms with E-state index in [-0.39, 0.29) is 18.6 Å². The van der Waals surface area contributed by atoms with Gasteiger partial charge in [0.25, 0.3) is 5.92 Å². The van der Waals surface area contributed by atoms with Crippen LogP contribution >= 0.6 is 0 Å². The summed E-state index contributed by atoms with van der Waals surface area (Å²) in [7, 11) is 2.09. The number of rotatable bonds is 5. The van der Waals surface area contributed by atoms with Crippen LogP contribution in [-0.2, 0) is 4.79 Å². The molecule has 2 aliphatic heterocycles. The number of hydrogen-bond acceptors (Lipinski definition) is 6. The van der Waals surface area contributed by atoms with Crippen molar-refractivity contribution in [1.82, 2.24) is 14.8 Å². The minimum absolute atomic E-state index is 0.114. The van der Waals surface area contributed by atoms with Gasteiger partial charge in [0.1, 0.15) is 6.04 Å². The van der Waals surface area contributed by atoms with Gasteiger partial charge in [-0.2, -0.15) is 5.26 Å². The van der Waals surface area contributed by atoms with E-state index in [1.807, 2.05) is 18.2 Å². The molecule has 32 heavy (non-hydrogen) atoms. The predicted molar refractivity (Wildman–Crippen MR) is 116 cm³/mol. The smallest absolute Gasteiger partial charge is 0.268 e. The highest BCUT2D eigenvalue weighted by Gasteiger charge is 2.47. The van der Waals surface area contributed by atoms with Crippen molar-refractivity contribution in [2.45, 2.75) is 31.2 Å². The molecule has 0 unspecified atom stereocenters. The first-order valence-corrected chi connectivity index (χ1v) is 10.7. The third kappa shape index (κ3) is 4.55. The SMILES string of the molecule is CN1CCN(c2ccc3nccc(C(=O)CCC(=O)N4CC(F)(F)C[C@H]4C#N)c3c2)CC1. The molecular formula is C23H25F2N5O2. The number of nitrogens with zero attached hydrogens (tertiary/aromatic N) is 5. The number of hydrogen-bond donors (Lipinski definition) is 0. The molecule has 168 valence electrons. The van der Waals surface area contributed by atoms with E-state index in [9.17, 15) is 18.4 Å². The summed E-state index contributed by atoms with van der Waals surface area (Å²) in [4.78, 5) is 35.2. The number of nitriles is 1. The Hall–Kier alpha value is -3.12. The lowest BCUT2D eigenvalue weighted by molar-refractivity contribution is -0.132. The lowest BCUT2D eigenvalue weighted by Crippen LogP contribution is -2.44. The van der Waals surface area contributed by atoms with E-state index in [1.54, 1.807) is 18.3 Å². The van der Waals surface area contributed by atoms with Gasteiger partial charge in [0.05, 0.1) is 18.1 Å². The highest BCUT2D eigenvalue weighted by atomic mass is 19.3. The zero-order valence-corrected chi connectivity index (χ0v) is 17.9. The van der Waals surface area contributed by atoms with Crippen molar-refractivity contribution in [3.05, 3.63) is 36.0 Å². The summed E-state index contributed by atoms with van der Waals surface area (Å²) in [6, 6.07) is 8.07. The van der Waals surface area contributed by atoms with E-state index in [0.717, 1.165) is 36.8 Å². The average molecular weight is 441 g/mol. The van der Waals surface area contributed by atoms with E-state index >= 15 is 0 Å². The minimum atomic E-state index is -3.07. The maximum absolute atomic E-state index is 13.6. The quantitative estimate of drug-likeness (QED) is 0.664. The van der Waals surface area contributed by atoms with E-state index in [1.165, 1.54) is 0 Å². The second-order valence-electron chi connectivity index (χ2n) is 8.50. The van der Waals surface area contributed by atoms with Crippen LogP contribution in [0.5, 0.6) is 0 Å². The largest absolute Gasteiger partial charge is 0.369 e. The van der Waals surface area contributed by atoms with Crippen molar-refractivity contribution in [1.29, 1.82) is 5.26 Å². The number of halogens is 2. The van der Waals surface area contributed by atoms with Gasteiger partial charge in [-0.3, -0.25) is 14.6 Å². The Morgan fingerprint density at radius 2 is 1.94 bits per heavy atom. The molecule has 1 atom stereocenters. The van der Waals surface area contributed by atoms with Crippen LogP contribution in [0.4, 0.5) is 14.5 Å². The standard InChI is InChI=1S/C23H25F2N5O2/c1-28-8-10-29(11-9-28)16-2-3-20-19(12-16)18(6-7-27-20)21(31)4-5-22(32)30-15-23(24,25)13-17(30)14-26/h2-3,6-7,12,17H,4-5,8-11,13,15H2,1H3/t17-/m0/s1. The minimum Gasteiger partial charge on any atom is -0.369 e. The highest BCUT2D eigenvalue weighted by Crippen LogP contribution is 2.32. The summed E-state index contributed by atoms with van der Waals surface area (Å²) < 4.78 is 27.2. The van der Waals surface area contributed by atoms with Crippen molar-refractivity contribution < 1.29 is 18.4 Å². The van der Waals surface area contributed by atoms with Crippen LogP contribution in [0.1, 0.15) is 29.6 Å². The second kappa shape index (κ2) is 8.79. The van der Waals surface area contributed by atoms with Crippen LogP contribution in [0.3, 0.4) is 0 Å². The predicted octanol–water partition coefficient (Wildman–Crippen LogP) is 2.71. The Morgan fingerprint density at radius 3 is 2.66 bits per heavy atom. The molecule has 0 radical (unpaired) electrons. The first-order valence-electron chi connectivity index (χ1n) is 10.7. The summed E-state index contributed by atoms with van der Waals surface area (Å²) in [6.45, 7) is 2.92. The van der Waals surface area contributed by atoms with Crippen LogP contribution in [-0.4, -0.2) is 78.2 Å². The zero-order valence-electron chi connectivity index (χ0n) is 17.9. The summed E-state index contributed by atoms with van der Waals surface area (Å²) >= 11 is 0. The van der Waals surface area contributed by atoms with Crippen LogP contribution in [0.2, 0.25) is 0 Å². The number of amides is 1. The van der Waals surface area contributed by atoms with Gasteiger partial charge in [-0.25, -0.2) is 8.78 Å². The number of Topliss-reactive ketones (excluding diaryl/α,β-unsaturated/α-hetero) is 1. The summed E-state index contributed by atoms with van der Waals surface area (Å²) in [5.74, 6) is -3.92. The highest BCUT2D eigenvalue weighted by molar-refractivity contribution is 6.08. The zero-order chi connectivity index (χ0) is 22.9. The van der Waals surface area contributed by atoms with Crippen LogP contribution in [0, 0.1) is 11.3 Å². The first-order chi connectivity index (χ1) is 15.3. The van der Waals surface area contributed by atoms with Crippen molar-refractivity contribution >= 4 is 28.3 Å². The third-order valence-electron chi connectivity index (χ3n) is 6.20. The maximum atomic E-state index is 13.6. The number of piperazine rings is 1. The number of aromatic nitrogens is 1. The Labute approximate surface area is 185 Å². The fourth-order valence-electron chi connectivity index (χ4n) is 4.33. The van der Waals surface area contributed by atoms with Crippen molar-refractivity contribution in [3.8, 4) is 6.07 Å². The monoisotopic (exact) mass is 441 g/mol. The number of likely N-dealkylation sites (N-methyl/N-ethyl adjacent to an activating group) is 1. The molecule has 2 saturated heterocycles. The summed E-state index contributed by atoms with van der Waals surface area (Å²) in [5.41, 5.74) is 2.16. The van der Waals surface area contributed by atoms with Gasteiger partial charge in [-0.15, -0.1) is 0 Å². The molecule has 0 spiro atoms. The topological polar surface area (TPSA) is 80.5 Å². The fourth-order valence-corrected chi connectivity index (χ4v) is 4.33. The van der Waals surface area contributed by atoms with Gasteiger partial charge in [-0.05, 0) is 31.3 Å². The Balaban J connectivity index is 1.49. The normalized spacial score (nSPS) is 21.0. The fraction of sp³-hybridized carbons (Fsp3) is 0.478. The molecule has 3 heterocycles. The number of pyridine rings is 1. The Morgan fingerprint density at radius 1 is 1.19 bits per heavy atom. The molecule has 2 aliphatic rings. The molecule has 1 aromatic heterocycles. The van der Waals surface area contributed by atoms with Crippen molar-refractivity contribution in [3.63, 3.8) is 0 Å². The molecule has 0 saturated carbocycles. The number of anilines is 1. The molecule has 0 bridgehead atoms. The number of ketones is 1. The van der Waals surface area contributed by atoms with Crippen molar-refractivity contribution in [2.24, 2.45) is 0 Å². The van der Waals surface area contributed by atoms with Gasteiger partial charge in [-0.1, -0.05) is 0 Å². The first kappa shape index (κ1) is 22.1. The number of carbonyl (C=O) groups is 2. The number of benzene rings is 1. The lowest BCUT2D eigenvalue weighted by atomic mass is 10.0. The number of fused-ring (bicyclic) bond motifs is 1. The number of carbonyl (C=O) groups excluding carboxylic acids is 2. The van der Waals surface area contributed by atoms with Crippen LogP contribution < -0.4 is 4.90 Å². The molecule has 4 rings (SSSR count). The van der Waals surface area contributed by atoms with E-state index in [2.05, 4.69) is 21.8 Å². The van der Waals surface area contributed by atoms with Crippen LogP contribution in [0.25, 0.3) is 10.9 Å². The molecule has 0 aliphatic carbocycles. The third-order valence-corrected chi connectivity index (χ3v) is 6.20. The van der Waals surface area contributed by atoms with Crippen molar-refractivity contribution in [2.75, 3.05) is 44.7 Å². The lowest BCUT2D eigenvalue weighted by Gasteiger charge is -2.34. The number of likely N-dealkylation sites (tertiary alicyclic amines) is 1. The van der Waals surface area contributed by atoms with E-state index in [0.29, 0.717) is 16.5 Å². The van der Waals surface area contributed by atoms with Gasteiger partial charge in [0, 0.05) is 68.3 Å². The molecule has 2 aromatic rings. The molecule has 9 heteroatoms. The second-order valence-corrected chi connectivity index (χ2v) is 8.50. The Kier molecular flexibility index (Phi) is 6.07. The van der Waals surface area contributed by atoms with Crippen LogP contribution in [0.15, 0.2) is 30.5 Å². The van der Waals surface area contributed by atoms with E-state index in [4.69, 9.17) is 5.26 Å².